The Kier molecular flexibility index (Phi) is 5.24. The Hall–Kier alpha value is -2.56. The number of nitrogens with one attached hydrogen (secondary N) is 1. The van der Waals surface area contributed by atoms with Gasteiger partial charge in [-0.1, -0.05) is 35.5 Å². The van der Waals surface area contributed by atoms with Crippen LogP contribution in [0.15, 0.2) is 45.1 Å². The highest BCUT2D eigenvalue weighted by Gasteiger charge is 2.42. The van der Waals surface area contributed by atoms with E-state index in [2.05, 4.69) is 15.5 Å². The van der Waals surface area contributed by atoms with Crippen LogP contribution in [0.1, 0.15) is 24.3 Å². The van der Waals surface area contributed by atoms with Crippen LogP contribution in [0.4, 0.5) is 5.13 Å². The number of amides is 1. The van der Waals surface area contributed by atoms with Crippen molar-refractivity contribution in [3.05, 3.63) is 47.2 Å². The van der Waals surface area contributed by atoms with Crippen LogP contribution in [-0.4, -0.2) is 41.4 Å². The predicted molar refractivity (Wildman–Crippen MR) is 109 cm³/mol. The Morgan fingerprint density at radius 3 is 2.72 bits per heavy atom. The van der Waals surface area contributed by atoms with E-state index >= 15 is 0 Å². The molecule has 152 valence electrons. The van der Waals surface area contributed by atoms with E-state index in [-0.39, 0.29) is 23.1 Å². The summed E-state index contributed by atoms with van der Waals surface area (Å²) in [4.78, 5) is 17.4. The number of thiazole rings is 1. The molecule has 0 saturated carbocycles. The van der Waals surface area contributed by atoms with Gasteiger partial charge in [-0.05, 0) is 26.7 Å². The summed E-state index contributed by atoms with van der Waals surface area (Å²) in [6.45, 7) is 3.41. The third-order valence-corrected chi connectivity index (χ3v) is 7.76. The third-order valence-electron chi connectivity index (χ3n) is 4.84. The molecule has 0 aliphatic carbocycles. The molecule has 1 N–H and O–H groups in total. The van der Waals surface area contributed by atoms with E-state index in [1.54, 1.807) is 13.8 Å². The van der Waals surface area contributed by atoms with Crippen molar-refractivity contribution in [1.82, 2.24) is 14.4 Å². The Morgan fingerprint density at radius 1 is 1.28 bits per heavy atom. The van der Waals surface area contributed by atoms with E-state index in [9.17, 15) is 13.2 Å². The highest BCUT2D eigenvalue weighted by Crippen LogP contribution is 2.31. The molecule has 0 bridgehead atoms. The lowest BCUT2D eigenvalue weighted by atomic mass is 10.2. The van der Waals surface area contributed by atoms with Crippen molar-refractivity contribution in [2.75, 3.05) is 11.9 Å². The van der Waals surface area contributed by atoms with Gasteiger partial charge in [0.1, 0.15) is 16.6 Å². The van der Waals surface area contributed by atoms with Crippen LogP contribution in [0, 0.1) is 13.8 Å². The lowest BCUT2D eigenvalue weighted by Gasteiger charge is -2.22. The van der Waals surface area contributed by atoms with Crippen molar-refractivity contribution in [3.8, 4) is 11.3 Å². The minimum Gasteiger partial charge on any atom is -0.360 e. The summed E-state index contributed by atoms with van der Waals surface area (Å²) in [6, 6.07) is 8.85. The number of benzene rings is 1. The fraction of sp³-hybridized carbons (Fsp3) is 0.316. The molecule has 3 aromatic rings. The van der Waals surface area contributed by atoms with Gasteiger partial charge in [0.25, 0.3) is 0 Å². The number of carbonyl (C=O) groups excluding carboxylic acids is 1. The molecule has 29 heavy (non-hydrogen) atoms. The zero-order valence-corrected chi connectivity index (χ0v) is 17.6. The first-order valence-electron chi connectivity index (χ1n) is 9.14. The zero-order valence-electron chi connectivity index (χ0n) is 16.0. The van der Waals surface area contributed by atoms with Gasteiger partial charge in [-0.25, -0.2) is 13.4 Å². The molecule has 1 aromatic carbocycles. The molecule has 1 aliphatic rings. The summed E-state index contributed by atoms with van der Waals surface area (Å²) in [5, 5.41) is 8.81. The molecule has 0 spiro atoms. The van der Waals surface area contributed by atoms with Gasteiger partial charge in [0.05, 0.1) is 5.69 Å². The number of sulfonamides is 1. The highest BCUT2D eigenvalue weighted by molar-refractivity contribution is 7.89. The van der Waals surface area contributed by atoms with Crippen molar-refractivity contribution >= 4 is 32.4 Å². The molecule has 1 aliphatic heterocycles. The second-order valence-corrected chi connectivity index (χ2v) is 9.51. The maximum Gasteiger partial charge on any atom is 0.249 e. The van der Waals surface area contributed by atoms with Gasteiger partial charge in [-0.15, -0.1) is 11.3 Å². The lowest BCUT2D eigenvalue weighted by Crippen LogP contribution is -2.43. The number of nitrogens with zero attached hydrogens (tertiary/aromatic N) is 3. The summed E-state index contributed by atoms with van der Waals surface area (Å²) < 4.78 is 32.5. The first-order valence-corrected chi connectivity index (χ1v) is 11.5. The quantitative estimate of drug-likeness (QED) is 0.664. The number of hydrogen-bond donors (Lipinski definition) is 1. The minimum atomic E-state index is -3.88. The van der Waals surface area contributed by atoms with Crippen LogP contribution in [0.5, 0.6) is 0 Å². The molecule has 3 heterocycles. The Labute approximate surface area is 172 Å². The summed E-state index contributed by atoms with van der Waals surface area (Å²) >= 11 is 1.31. The summed E-state index contributed by atoms with van der Waals surface area (Å²) in [5.41, 5.74) is 2.01. The van der Waals surface area contributed by atoms with Gasteiger partial charge in [0.2, 0.25) is 15.9 Å². The van der Waals surface area contributed by atoms with Crippen molar-refractivity contribution in [3.63, 3.8) is 0 Å². The SMILES string of the molecule is Cc1noc(C)c1S(=O)(=O)N1CCC[C@H]1C(=O)Nc1nc(-c2ccccc2)cs1. The smallest absolute Gasteiger partial charge is 0.249 e. The van der Waals surface area contributed by atoms with Crippen molar-refractivity contribution in [2.24, 2.45) is 0 Å². The zero-order chi connectivity index (χ0) is 20.6. The third kappa shape index (κ3) is 3.70. The molecule has 1 saturated heterocycles. The average Bonchev–Trinajstić information content (AvgIpc) is 3.43. The van der Waals surface area contributed by atoms with E-state index in [1.807, 2.05) is 35.7 Å². The van der Waals surface area contributed by atoms with Gasteiger partial charge in [-0.3, -0.25) is 4.79 Å². The van der Waals surface area contributed by atoms with E-state index < -0.39 is 16.1 Å². The second kappa shape index (κ2) is 7.69. The van der Waals surface area contributed by atoms with E-state index in [1.165, 1.54) is 15.6 Å². The molecule has 1 amide bonds. The molecule has 4 rings (SSSR count). The van der Waals surface area contributed by atoms with Gasteiger partial charge in [-0.2, -0.15) is 4.31 Å². The number of anilines is 1. The van der Waals surface area contributed by atoms with Gasteiger partial charge < -0.3 is 9.84 Å². The van der Waals surface area contributed by atoms with Crippen LogP contribution in [0.25, 0.3) is 11.3 Å². The standard InChI is InChI=1S/C19H20N4O4S2/c1-12-17(13(2)27-22-12)29(25,26)23-10-6-9-16(23)18(24)21-19-20-15(11-28-19)14-7-4-3-5-8-14/h3-5,7-8,11,16H,6,9-10H2,1-2H3,(H,20,21,24)/t16-/m0/s1. The molecule has 10 heteroatoms. The Bertz CT molecular complexity index is 1120. The molecular formula is C19H20N4O4S2. The Morgan fingerprint density at radius 2 is 2.03 bits per heavy atom. The summed E-state index contributed by atoms with van der Waals surface area (Å²) in [6.07, 6.45) is 1.05. The van der Waals surface area contributed by atoms with Crippen LogP contribution in [-0.2, 0) is 14.8 Å². The number of carbonyl (C=O) groups is 1. The number of aryl methyl sites for hydroxylation is 2. The van der Waals surface area contributed by atoms with Crippen LogP contribution >= 0.6 is 11.3 Å². The summed E-state index contributed by atoms with van der Waals surface area (Å²) in [7, 11) is -3.88. The molecule has 2 aromatic heterocycles. The maximum atomic E-state index is 13.1. The monoisotopic (exact) mass is 432 g/mol. The van der Waals surface area contributed by atoms with Crippen molar-refractivity contribution in [1.29, 1.82) is 0 Å². The average molecular weight is 433 g/mol. The molecular weight excluding hydrogens is 412 g/mol. The van der Waals surface area contributed by atoms with E-state index in [0.717, 1.165) is 11.3 Å². The minimum absolute atomic E-state index is 0.0396. The van der Waals surface area contributed by atoms with Gasteiger partial charge in [0.15, 0.2) is 10.9 Å². The fourth-order valence-corrected chi connectivity index (χ4v) is 6.19. The lowest BCUT2D eigenvalue weighted by molar-refractivity contribution is -0.119. The fourth-order valence-electron chi connectivity index (χ4n) is 3.51. The highest BCUT2D eigenvalue weighted by atomic mass is 32.2. The largest absolute Gasteiger partial charge is 0.360 e. The van der Waals surface area contributed by atoms with Crippen LogP contribution in [0.3, 0.4) is 0 Å². The first-order chi connectivity index (χ1) is 13.9. The van der Waals surface area contributed by atoms with E-state index in [4.69, 9.17) is 4.52 Å². The van der Waals surface area contributed by atoms with Crippen LogP contribution < -0.4 is 5.32 Å². The number of rotatable bonds is 5. The van der Waals surface area contributed by atoms with Crippen molar-refractivity contribution < 1.29 is 17.7 Å². The first kappa shape index (κ1) is 19.7. The molecule has 8 nitrogen and oxygen atoms in total. The maximum absolute atomic E-state index is 13.1. The topological polar surface area (TPSA) is 105 Å². The summed E-state index contributed by atoms with van der Waals surface area (Å²) in [5.74, 6) is -0.159. The van der Waals surface area contributed by atoms with Gasteiger partial charge in [0, 0.05) is 17.5 Å². The molecule has 1 atom stereocenters. The predicted octanol–water partition coefficient (Wildman–Crippen LogP) is 3.21. The van der Waals surface area contributed by atoms with E-state index in [0.29, 0.717) is 23.7 Å². The molecule has 0 unspecified atom stereocenters. The number of hydrogen-bond acceptors (Lipinski definition) is 7. The van der Waals surface area contributed by atoms with Crippen molar-refractivity contribution in [2.45, 2.75) is 37.6 Å². The Balaban J connectivity index is 1.54. The number of aromatic nitrogens is 2. The molecule has 1 fully saturated rings. The second-order valence-electron chi connectivity index (χ2n) is 6.82. The molecule has 0 radical (unpaired) electrons. The normalized spacial score (nSPS) is 17.5. The van der Waals surface area contributed by atoms with Gasteiger partial charge >= 0.3 is 0 Å². The van der Waals surface area contributed by atoms with Crippen LogP contribution in [0.2, 0.25) is 0 Å².